The molecule has 34 heavy (non-hydrogen) atoms. The number of nitrogens with one attached hydrogen (secondary N) is 4. The van der Waals surface area contributed by atoms with E-state index in [-0.39, 0.29) is 6.42 Å². The number of aromatic amines is 1. The highest BCUT2D eigenvalue weighted by molar-refractivity contribution is 5.95. The molecule has 0 aliphatic carbocycles. The Balaban J connectivity index is 2.33. The van der Waals surface area contributed by atoms with Crippen LogP contribution in [0.2, 0.25) is 0 Å². The zero-order chi connectivity index (χ0) is 25.6. The number of hydrogen-bond acceptors (Lipinski definition) is 6. The van der Waals surface area contributed by atoms with E-state index in [4.69, 9.17) is 5.73 Å². The molecular weight excluding hydrogens is 442 g/mol. The lowest BCUT2D eigenvalue weighted by molar-refractivity contribution is -0.143. The second-order valence-electron chi connectivity index (χ2n) is 8.71. The van der Waals surface area contributed by atoms with Crippen molar-refractivity contribution >= 4 is 34.6 Å². The highest BCUT2D eigenvalue weighted by Crippen LogP contribution is 2.19. The van der Waals surface area contributed by atoms with Crippen LogP contribution in [0.15, 0.2) is 30.5 Å². The van der Waals surface area contributed by atoms with E-state index < -0.39 is 59.9 Å². The number of benzene rings is 1. The van der Waals surface area contributed by atoms with Crippen LogP contribution in [-0.2, 0) is 25.6 Å². The first kappa shape index (κ1) is 26.8. The highest BCUT2D eigenvalue weighted by Gasteiger charge is 2.33. The summed E-state index contributed by atoms with van der Waals surface area (Å²) in [4.78, 5) is 52.8. The van der Waals surface area contributed by atoms with Crippen molar-refractivity contribution in [1.82, 2.24) is 20.9 Å². The Morgan fingerprint density at radius 3 is 2.12 bits per heavy atom. The van der Waals surface area contributed by atoms with Crippen LogP contribution < -0.4 is 21.7 Å². The molecule has 5 atom stereocenters. The third kappa shape index (κ3) is 6.78. The summed E-state index contributed by atoms with van der Waals surface area (Å²) < 4.78 is 0. The smallest absolute Gasteiger partial charge is 0.326 e. The van der Waals surface area contributed by atoms with Crippen LogP contribution in [0.1, 0.15) is 33.3 Å². The lowest BCUT2D eigenvalue weighted by atomic mass is 10.0. The van der Waals surface area contributed by atoms with Crippen molar-refractivity contribution in [2.75, 3.05) is 0 Å². The van der Waals surface area contributed by atoms with Crippen molar-refractivity contribution in [1.29, 1.82) is 0 Å². The molecule has 8 N–H and O–H groups in total. The monoisotopic (exact) mass is 475 g/mol. The fourth-order valence-electron chi connectivity index (χ4n) is 3.45. The summed E-state index contributed by atoms with van der Waals surface area (Å²) in [6.45, 7) is 6.05. The quantitative estimate of drug-likeness (QED) is 0.231. The number of carboxylic acids is 1. The number of fused-ring (bicyclic) bond motifs is 1. The number of carbonyl (C=O) groups is 4. The predicted octanol–water partition coefficient (Wildman–Crippen LogP) is -0.367. The first-order chi connectivity index (χ1) is 15.9. The van der Waals surface area contributed by atoms with Crippen molar-refractivity contribution in [3.8, 4) is 0 Å². The number of para-hydroxylation sites is 1. The van der Waals surface area contributed by atoms with Crippen molar-refractivity contribution in [3.05, 3.63) is 36.0 Å². The minimum atomic E-state index is -1.36. The number of carbonyl (C=O) groups excluding carboxylic acids is 3. The lowest BCUT2D eigenvalue weighted by Gasteiger charge is -2.26. The molecule has 0 aliphatic rings. The summed E-state index contributed by atoms with van der Waals surface area (Å²) >= 11 is 0. The average molecular weight is 476 g/mol. The third-order valence-corrected chi connectivity index (χ3v) is 5.44. The molecule has 0 bridgehead atoms. The molecule has 5 unspecified atom stereocenters. The van der Waals surface area contributed by atoms with Gasteiger partial charge in [-0.3, -0.25) is 14.4 Å². The second kappa shape index (κ2) is 11.6. The van der Waals surface area contributed by atoms with E-state index in [0.717, 1.165) is 16.5 Å². The van der Waals surface area contributed by atoms with Crippen LogP contribution in [0.5, 0.6) is 0 Å². The molecule has 1 heterocycles. The Morgan fingerprint density at radius 2 is 1.56 bits per heavy atom. The van der Waals surface area contributed by atoms with E-state index in [1.807, 2.05) is 24.3 Å². The Labute approximate surface area is 197 Å². The van der Waals surface area contributed by atoms with E-state index in [9.17, 15) is 29.4 Å². The Bertz CT molecular complexity index is 1030. The molecule has 1 aromatic carbocycles. The molecule has 0 radical (unpaired) electrons. The number of amides is 3. The number of aliphatic hydroxyl groups excluding tert-OH is 1. The van der Waals surface area contributed by atoms with Gasteiger partial charge in [0.05, 0.1) is 12.1 Å². The van der Waals surface area contributed by atoms with Crippen LogP contribution in [0.3, 0.4) is 0 Å². The van der Waals surface area contributed by atoms with Gasteiger partial charge in [0, 0.05) is 23.5 Å². The summed E-state index contributed by atoms with van der Waals surface area (Å²) in [6.07, 6.45) is 0.472. The molecule has 1 aromatic heterocycles. The zero-order valence-corrected chi connectivity index (χ0v) is 19.7. The summed E-state index contributed by atoms with van der Waals surface area (Å²) in [7, 11) is 0. The first-order valence-corrected chi connectivity index (χ1v) is 11.0. The number of aliphatic hydroxyl groups is 1. The largest absolute Gasteiger partial charge is 0.480 e. The number of aliphatic carboxylic acids is 1. The molecule has 11 nitrogen and oxygen atoms in total. The molecule has 0 aliphatic heterocycles. The number of H-pyrrole nitrogens is 1. The molecule has 186 valence electrons. The Hall–Kier alpha value is -3.44. The molecule has 0 saturated carbocycles. The fraction of sp³-hybridized carbons (Fsp3) is 0.478. The van der Waals surface area contributed by atoms with E-state index in [1.54, 1.807) is 20.0 Å². The topological polar surface area (TPSA) is 187 Å². The number of nitrogens with two attached hydrogens (primary N) is 1. The third-order valence-electron chi connectivity index (χ3n) is 5.44. The van der Waals surface area contributed by atoms with Gasteiger partial charge in [-0.1, -0.05) is 32.0 Å². The van der Waals surface area contributed by atoms with E-state index >= 15 is 0 Å². The van der Waals surface area contributed by atoms with Crippen LogP contribution >= 0.6 is 0 Å². The van der Waals surface area contributed by atoms with Gasteiger partial charge in [0.15, 0.2) is 0 Å². The number of carboxylic acid groups (broad SMARTS) is 1. The van der Waals surface area contributed by atoms with Gasteiger partial charge in [-0.15, -0.1) is 0 Å². The Morgan fingerprint density at radius 1 is 0.941 bits per heavy atom. The molecule has 0 fully saturated rings. The summed E-state index contributed by atoms with van der Waals surface area (Å²) in [5.74, 6) is -3.76. The maximum absolute atomic E-state index is 13.1. The SMILES string of the molecule is CC(N)C(=O)NC(C(=O)NC(Cc1c[nH]c2ccccc12)C(=O)NC(C(=O)O)C(C)C)C(C)O. The van der Waals surface area contributed by atoms with Gasteiger partial charge in [-0.25, -0.2) is 4.79 Å². The van der Waals surface area contributed by atoms with E-state index in [1.165, 1.54) is 13.8 Å². The van der Waals surface area contributed by atoms with Gasteiger partial charge >= 0.3 is 5.97 Å². The minimum Gasteiger partial charge on any atom is -0.480 e. The van der Waals surface area contributed by atoms with E-state index in [0.29, 0.717) is 0 Å². The fourth-order valence-corrected chi connectivity index (χ4v) is 3.45. The van der Waals surface area contributed by atoms with Crippen molar-refractivity contribution < 1.29 is 29.4 Å². The standard InChI is InChI=1S/C23H33N5O6/c1-11(2)18(23(33)34)27-21(31)17(9-14-10-25-16-8-6-5-7-15(14)16)26-22(32)19(13(4)29)28-20(30)12(3)24/h5-8,10-13,17-19,25,29H,9,24H2,1-4H3,(H,26,32)(H,27,31)(H,28,30)(H,33,34). The van der Waals surface area contributed by atoms with Gasteiger partial charge in [-0.2, -0.15) is 0 Å². The highest BCUT2D eigenvalue weighted by atomic mass is 16.4. The van der Waals surface area contributed by atoms with Gasteiger partial charge in [0.25, 0.3) is 0 Å². The maximum Gasteiger partial charge on any atom is 0.326 e. The molecular formula is C23H33N5O6. The average Bonchev–Trinajstić information content (AvgIpc) is 3.16. The van der Waals surface area contributed by atoms with E-state index in [2.05, 4.69) is 20.9 Å². The first-order valence-electron chi connectivity index (χ1n) is 11.0. The summed E-state index contributed by atoms with van der Waals surface area (Å²) in [5.41, 5.74) is 7.10. The van der Waals surface area contributed by atoms with Gasteiger partial charge < -0.3 is 36.9 Å². The number of aromatic nitrogens is 1. The molecule has 2 aromatic rings. The van der Waals surface area contributed by atoms with Crippen LogP contribution in [-0.4, -0.2) is 69.2 Å². The minimum absolute atomic E-state index is 0.0415. The Kier molecular flexibility index (Phi) is 9.16. The number of hydrogen-bond donors (Lipinski definition) is 7. The zero-order valence-electron chi connectivity index (χ0n) is 19.7. The van der Waals surface area contributed by atoms with Crippen LogP contribution in [0.4, 0.5) is 0 Å². The summed E-state index contributed by atoms with van der Waals surface area (Å²) in [5, 5.41) is 27.8. The normalized spacial score (nSPS) is 15.7. The van der Waals surface area contributed by atoms with Gasteiger partial charge in [0.1, 0.15) is 18.1 Å². The summed E-state index contributed by atoms with van der Waals surface area (Å²) in [6, 6.07) is 2.77. The number of rotatable bonds is 11. The van der Waals surface area contributed by atoms with Gasteiger partial charge in [-0.05, 0) is 31.4 Å². The predicted molar refractivity (Wildman–Crippen MR) is 126 cm³/mol. The lowest BCUT2D eigenvalue weighted by Crippen LogP contribution is -2.60. The molecule has 0 saturated heterocycles. The maximum atomic E-state index is 13.1. The van der Waals surface area contributed by atoms with Gasteiger partial charge in [0.2, 0.25) is 17.7 Å². The van der Waals surface area contributed by atoms with Crippen molar-refractivity contribution in [2.24, 2.45) is 11.7 Å². The van der Waals surface area contributed by atoms with Crippen LogP contribution in [0.25, 0.3) is 10.9 Å². The van der Waals surface area contributed by atoms with Crippen LogP contribution in [0, 0.1) is 5.92 Å². The molecule has 3 amide bonds. The molecule has 11 heteroatoms. The van der Waals surface area contributed by atoms with Crippen molar-refractivity contribution in [2.45, 2.75) is 64.4 Å². The molecule has 0 spiro atoms. The molecule has 2 rings (SSSR count). The second-order valence-corrected chi connectivity index (χ2v) is 8.71. The van der Waals surface area contributed by atoms with Crippen molar-refractivity contribution in [3.63, 3.8) is 0 Å².